The van der Waals surface area contributed by atoms with Gasteiger partial charge in [-0.2, -0.15) is 0 Å². The fourth-order valence-corrected chi connectivity index (χ4v) is 1.45. The SMILES string of the molecule is Cc1cc(COc2ccc(Br)c(F)c2)on1. The van der Waals surface area contributed by atoms with Crippen molar-refractivity contribution in [1.29, 1.82) is 0 Å². The predicted octanol–water partition coefficient (Wildman–Crippen LogP) is 3.46. The van der Waals surface area contributed by atoms with Gasteiger partial charge in [-0.3, -0.25) is 0 Å². The first-order valence-corrected chi connectivity index (χ1v) is 5.44. The fourth-order valence-electron chi connectivity index (χ4n) is 1.21. The van der Waals surface area contributed by atoms with E-state index in [-0.39, 0.29) is 12.4 Å². The van der Waals surface area contributed by atoms with Crippen molar-refractivity contribution in [2.24, 2.45) is 0 Å². The highest BCUT2D eigenvalue weighted by Crippen LogP contribution is 2.21. The quantitative estimate of drug-likeness (QED) is 0.866. The summed E-state index contributed by atoms with van der Waals surface area (Å²) in [6, 6.07) is 6.36. The Bertz CT molecular complexity index is 498. The smallest absolute Gasteiger partial charge is 0.174 e. The molecule has 16 heavy (non-hydrogen) atoms. The minimum Gasteiger partial charge on any atom is -0.485 e. The van der Waals surface area contributed by atoms with Crippen molar-refractivity contribution < 1.29 is 13.7 Å². The number of aryl methyl sites for hydroxylation is 1. The molecule has 0 radical (unpaired) electrons. The van der Waals surface area contributed by atoms with Crippen molar-refractivity contribution in [2.75, 3.05) is 0 Å². The Balaban J connectivity index is 2.02. The molecule has 0 unspecified atom stereocenters. The highest BCUT2D eigenvalue weighted by Gasteiger charge is 2.04. The molecule has 1 aromatic heterocycles. The lowest BCUT2D eigenvalue weighted by molar-refractivity contribution is 0.248. The summed E-state index contributed by atoms with van der Waals surface area (Å²) in [6.45, 7) is 2.06. The average molecular weight is 286 g/mol. The summed E-state index contributed by atoms with van der Waals surface area (Å²) < 4.78 is 23.9. The van der Waals surface area contributed by atoms with Gasteiger partial charge in [0.2, 0.25) is 0 Å². The van der Waals surface area contributed by atoms with E-state index in [1.165, 1.54) is 6.07 Å². The first-order chi connectivity index (χ1) is 7.65. The van der Waals surface area contributed by atoms with Gasteiger partial charge in [0.15, 0.2) is 5.76 Å². The van der Waals surface area contributed by atoms with E-state index in [1.807, 2.05) is 6.92 Å². The lowest BCUT2D eigenvalue weighted by Gasteiger charge is -2.03. The molecule has 1 heterocycles. The number of rotatable bonds is 3. The van der Waals surface area contributed by atoms with Gasteiger partial charge in [0, 0.05) is 12.1 Å². The molecule has 0 aliphatic carbocycles. The van der Waals surface area contributed by atoms with E-state index in [1.54, 1.807) is 18.2 Å². The molecule has 0 spiro atoms. The third-order valence-corrected chi connectivity index (χ3v) is 2.59. The van der Waals surface area contributed by atoms with Crippen LogP contribution in [-0.4, -0.2) is 5.16 Å². The van der Waals surface area contributed by atoms with Crippen LogP contribution in [0.3, 0.4) is 0 Å². The molecular formula is C11H9BrFNO2. The van der Waals surface area contributed by atoms with Crippen LogP contribution in [0.15, 0.2) is 33.3 Å². The Morgan fingerprint density at radius 3 is 2.88 bits per heavy atom. The van der Waals surface area contributed by atoms with E-state index < -0.39 is 0 Å². The molecule has 3 nitrogen and oxygen atoms in total. The van der Waals surface area contributed by atoms with Crippen molar-refractivity contribution >= 4 is 15.9 Å². The van der Waals surface area contributed by atoms with E-state index in [2.05, 4.69) is 21.1 Å². The summed E-state index contributed by atoms with van der Waals surface area (Å²) in [4.78, 5) is 0. The van der Waals surface area contributed by atoms with Crippen molar-refractivity contribution in [3.05, 3.63) is 46.0 Å². The van der Waals surface area contributed by atoms with Gasteiger partial charge in [-0.15, -0.1) is 0 Å². The summed E-state index contributed by atoms with van der Waals surface area (Å²) in [5, 5.41) is 3.72. The molecule has 84 valence electrons. The van der Waals surface area contributed by atoms with E-state index in [9.17, 15) is 4.39 Å². The molecule has 1 aromatic carbocycles. The number of ether oxygens (including phenoxy) is 1. The minimum atomic E-state index is -0.355. The second kappa shape index (κ2) is 4.65. The summed E-state index contributed by atoms with van der Waals surface area (Å²) in [5.74, 6) is 0.710. The Morgan fingerprint density at radius 1 is 1.44 bits per heavy atom. The fraction of sp³-hybridized carbons (Fsp3) is 0.182. The highest BCUT2D eigenvalue weighted by molar-refractivity contribution is 9.10. The van der Waals surface area contributed by atoms with E-state index in [0.29, 0.717) is 16.0 Å². The van der Waals surface area contributed by atoms with Crippen LogP contribution in [0.5, 0.6) is 5.75 Å². The van der Waals surface area contributed by atoms with Crippen molar-refractivity contribution in [3.63, 3.8) is 0 Å². The van der Waals surface area contributed by atoms with Crippen LogP contribution in [0, 0.1) is 12.7 Å². The Morgan fingerprint density at radius 2 is 2.25 bits per heavy atom. The second-order valence-electron chi connectivity index (χ2n) is 3.30. The molecular weight excluding hydrogens is 277 g/mol. The molecule has 0 N–H and O–H groups in total. The molecule has 2 rings (SSSR count). The van der Waals surface area contributed by atoms with Gasteiger partial charge in [0.05, 0.1) is 10.2 Å². The van der Waals surface area contributed by atoms with Crippen molar-refractivity contribution in [1.82, 2.24) is 5.16 Å². The molecule has 0 aliphatic rings. The van der Waals surface area contributed by atoms with Crippen LogP contribution in [-0.2, 0) is 6.61 Å². The molecule has 2 aromatic rings. The molecule has 0 saturated heterocycles. The largest absolute Gasteiger partial charge is 0.485 e. The van der Waals surface area contributed by atoms with Crippen LogP contribution in [0.25, 0.3) is 0 Å². The summed E-state index contributed by atoms with van der Waals surface area (Å²) in [7, 11) is 0. The zero-order chi connectivity index (χ0) is 11.5. The van der Waals surface area contributed by atoms with Crippen LogP contribution in [0.1, 0.15) is 11.5 Å². The summed E-state index contributed by atoms with van der Waals surface area (Å²) in [6.07, 6.45) is 0. The van der Waals surface area contributed by atoms with Crippen LogP contribution >= 0.6 is 15.9 Å². The third kappa shape index (κ3) is 2.61. The zero-order valence-electron chi connectivity index (χ0n) is 8.54. The molecule has 0 amide bonds. The van der Waals surface area contributed by atoms with Crippen molar-refractivity contribution in [3.8, 4) is 5.75 Å². The molecule has 0 atom stereocenters. The number of nitrogens with zero attached hydrogens (tertiary/aromatic N) is 1. The Hall–Kier alpha value is -1.36. The molecule has 0 bridgehead atoms. The van der Waals surface area contributed by atoms with E-state index in [4.69, 9.17) is 9.26 Å². The third-order valence-electron chi connectivity index (χ3n) is 1.95. The normalized spacial score (nSPS) is 10.4. The number of aromatic nitrogens is 1. The minimum absolute atomic E-state index is 0.238. The molecule has 0 fully saturated rings. The summed E-state index contributed by atoms with van der Waals surface area (Å²) >= 11 is 3.07. The lowest BCUT2D eigenvalue weighted by atomic mass is 10.3. The van der Waals surface area contributed by atoms with Gasteiger partial charge in [-0.05, 0) is 35.0 Å². The zero-order valence-corrected chi connectivity index (χ0v) is 10.1. The van der Waals surface area contributed by atoms with Gasteiger partial charge in [0.1, 0.15) is 18.2 Å². The number of hydrogen-bond donors (Lipinski definition) is 0. The van der Waals surface area contributed by atoms with Crippen LogP contribution < -0.4 is 4.74 Å². The predicted molar refractivity (Wildman–Crippen MR) is 59.7 cm³/mol. The van der Waals surface area contributed by atoms with Gasteiger partial charge >= 0.3 is 0 Å². The lowest BCUT2D eigenvalue weighted by Crippen LogP contribution is -1.94. The van der Waals surface area contributed by atoms with E-state index >= 15 is 0 Å². The highest BCUT2D eigenvalue weighted by atomic mass is 79.9. The van der Waals surface area contributed by atoms with Gasteiger partial charge < -0.3 is 9.26 Å². The summed E-state index contributed by atoms with van der Waals surface area (Å²) in [5.41, 5.74) is 0.792. The molecule has 5 heteroatoms. The Labute approximate surface area is 100 Å². The maximum absolute atomic E-state index is 13.1. The maximum atomic E-state index is 13.1. The second-order valence-corrected chi connectivity index (χ2v) is 4.15. The van der Waals surface area contributed by atoms with Gasteiger partial charge in [0.25, 0.3) is 0 Å². The Kier molecular flexibility index (Phi) is 3.24. The number of benzene rings is 1. The van der Waals surface area contributed by atoms with Crippen molar-refractivity contribution in [2.45, 2.75) is 13.5 Å². The monoisotopic (exact) mass is 285 g/mol. The van der Waals surface area contributed by atoms with Crippen LogP contribution in [0.2, 0.25) is 0 Å². The van der Waals surface area contributed by atoms with Crippen LogP contribution in [0.4, 0.5) is 4.39 Å². The first-order valence-electron chi connectivity index (χ1n) is 4.65. The maximum Gasteiger partial charge on any atom is 0.174 e. The number of halogens is 2. The molecule has 0 aliphatic heterocycles. The van der Waals surface area contributed by atoms with E-state index in [0.717, 1.165) is 5.69 Å². The topological polar surface area (TPSA) is 35.3 Å². The first kappa shape index (κ1) is 11.1. The van der Waals surface area contributed by atoms with Gasteiger partial charge in [-0.25, -0.2) is 4.39 Å². The van der Waals surface area contributed by atoms with Gasteiger partial charge in [-0.1, -0.05) is 5.16 Å². The number of hydrogen-bond acceptors (Lipinski definition) is 3. The molecule has 0 saturated carbocycles. The standard InChI is InChI=1S/C11H9BrFNO2/c1-7-4-9(16-14-7)6-15-8-2-3-10(12)11(13)5-8/h2-5H,6H2,1H3. The average Bonchev–Trinajstić information content (AvgIpc) is 2.66.